The molecular formula is C21H27N5O5. The summed E-state index contributed by atoms with van der Waals surface area (Å²) in [5.74, 6) is -2.24. The van der Waals surface area contributed by atoms with Gasteiger partial charge in [0.05, 0.1) is 13.2 Å². The summed E-state index contributed by atoms with van der Waals surface area (Å²) in [4.78, 5) is 43.7. The van der Waals surface area contributed by atoms with Crippen LogP contribution >= 0.6 is 0 Å². The number of aromatic amines is 1. The molecule has 166 valence electrons. The maximum Gasteiger partial charge on any atom is 0.320 e. The number of ketones is 1. The Morgan fingerprint density at radius 2 is 1.90 bits per heavy atom. The zero-order valence-corrected chi connectivity index (χ0v) is 17.1. The molecule has 1 aromatic heterocycles. The van der Waals surface area contributed by atoms with Crippen LogP contribution in [0.2, 0.25) is 0 Å². The van der Waals surface area contributed by atoms with E-state index in [0.29, 0.717) is 38.4 Å². The minimum Gasteiger partial charge on any atom is -0.480 e. The van der Waals surface area contributed by atoms with E-state index in [1.807, 2.05) is 30.3 Å². The number of carbonyl (C=O) groups is 3. The van der Waals surface area contributed by atoms with Gasteiger partial charge in [-0.3, -0.25) is 19.8 Å². The molecule has 0 unspecified atom stereocenters. The molecule has 2 atom stereocenters. The summed E-state index contributed by atoms with van der Waals surface area (Å²) in [6.45, 7) is 2.27. The maximum atomic E-state index is 13.2. The number of Topliss-reactive ketones (excluding diaryl/α,β-unsaturated/α-hetero) is 1. The van der Waals surface area contributed by atoms with E-state index in [4.69, 9.17) is 15.6 Å². The summed E-state index contributed by atoms with van der Waals surface area (Å²) in [5.41, 5.74) is 9.77. The number of hydrazine groups is 1. The van der Waals surface area contributed by atoms with Crippen molar-refractivity contribution in [2.45, 2.75) is 25.3 Å². The van der Waals surface area contributed by atoms with Crippen molar-refractivity contribution in [1.82, 2.24) is 20.4 Å². The van der Waals surface area contributed by atoms with E-state index < -0.39 is 17.9 Å². The third-order valence-corrected chi connectivity index (χ3v) is 5.04. The van der Waals surface area contributed by atoms with Crippen molar-refractivity contribution in [3.63, 3.8) is 0 Å². The minimum absolute atomic E-state index is 0.00421. The van der Waals surface area contributed by atoms with E-state index in [2.05, 4.69) is 15.4 Å². The van der Waals surface area contributed by atoms with Crippen LogP contribution in [-0.2, 0) is 27.2 Å². The quantitative estimate of drug-likeness (QED) is 0.390. The molecule has 1 amide bonds. The van der Waals surface area contributed by atoms with E-state index in [0.717, 1.165) is 5.56 Å². The van der Waals surface area contributed by atoms with Crippen molar-refractivity contribution in [1.29, 1.82) is 0 Å². The number of H-pyrrole nitrogens is 1. The first-order valence-corrected chi connectivity index (χ1v) is 10.1. The molecule has 0 saturated carbocycles. The van der Waals surface area contributed by atoms with Gasteiger partial charge in [0.1, 0.15) is 6.04 Å². The second-order valence-electron chi connectivity index (χ2n) is 7.50. The van der Waals surface area contributed by atoms with Gasteiger partial charge in [0.2, 0.25) is 11.7 Å². The lowest BCUT2D eigenvalue weighted by molar-refractivity contribution is -0.138. The number of aromatic nitrogens is 2. The molecule has 1 aliphatic heterocycles. The number of carbonyl (C=O) groups excluding carboxylic acids is 2. The van der Waals surface area contributed by atoms with Gasteiger partial charge in [-0.1, -0.05) is 30.3 Å². The highest BCUT2D eigenvalue weighted by Crippen LogP contribution is 2.18. The summed E-state index contributed by atoms with van der Waals surface area (Å²) in [6, 6.07) is 8.35. The lowest BCUT2D eigenvalue weighted by Crippen LogP contribution is -2.49. The Labute approximate surface area is 179 Å². The van der Waals surface area contributed by atoms with Crippen LogP contribution in [0.5, 0.6) is 0 Å². The van der Waals surface area contributed by atoms with Crippen LogP contribution in [0, 0.1) is 5.92 Å². The van der Waals surface area contributed by atoms with Crippen LogP contribution in [0.25, 0.3) is 0 Å². The SMILES string of the molecule is N[C@H](Cc1cnc(C(=O)[C@@H](CC(=O)NN2CCOCC2)Cc2ccccc2)[nH]1)C(=O)O. The summed E-state index contributed by atoms with van der Waals surface area (Å²) in [5, 5.41) is 10.7. The molecule has 0 radical (unpaired) electrons. The summed E-state index contributed by atoms with van der Waals surface area (Å²) in [7, 11) is 0. The van der Waals surface area contributed by atoms with Gasteiger partial charge in [-0.2, -0.15) is 0 Å². The zero-order chi connectivity index (χ0) is 22.2. The molecule has 31 heavy (non-hydrogen) atoms. The van der Waals surface area contributed by atoms with Gasteiger partial charge < -0.3 is 20.6 Å². The molecule has 1 saturated heterocycles. The highest BCUT2D eigenvalue weighted by Gasteiger charge is 2.27. The van der Waals surface area contributed by atoms with E-state index in [1.54, 1.807) is 5.01 Å². The van der Waals surface area contributed by atoms with Crippen molar-refractivity contribution in [3.8, 4) is 0 Å². The normalized spacial score (nSPS) is 16.4. The van der Waals surface area contributed by atoms with Crippen LogP contribution in [0.15, 0.2) is 36.5 Å². The number of nitrogens with zero attached hydrogens (tertiary/aromatic N) is 2. The summed E-state index contributed by atoms with van der Waals surface area (Å²) < 4.78 is 5.28. The van der Waals surface area contributed by atoms with Crippen LogP contribution in [0.3, 0.4) is 0 Å². The van der Waals surface area contributed by atoms with Crippen molar-refractivity contribution in [2.75, 3.05) is 26.3 Å². The molecule has 10 heteroatoms. The Morgan fingerprint density at radius 3 is 2.58 bits per heavy atom. The first kappa shape index (κ1) is 22.6. The fraction of sp³-hybridized carbons (Fsp3) is 0.429. The number of hydrogen-bond acceptors (Lipinski definition) is 7. The fourth-order valence-corrected chi connectivity index (χ4v) is 3.38. The number of nitrogens with one attached hydrogen (secondary N) is 2. The van der Waals surface area contributed by atoms with Gasteiger partial charge in [-0.25, -0.2) is 9.99 Å². The van der Waals surface area contributed by atoms with Crippen molar-refractivity contribution in [3.05, 3.63) is 53.6 Å². The van der Waals surface area contributed by atoms with Gasteiger partial charge in [-0.15, -0.1) is 0 Å². The average Bonchev–Trinajstić information content (AvgIpc) is 3.22. The second-order valence-corrected chi connectivity index (χ2v) is 7.50. The second kappa shape index (κ2) is 10.8. The Hall–Kier alpha value is -3.08. The largest absolute Gasteiger partial charge is 0.480 e. The molecule has 0 spiro atoms. The standard InChI is InChI=1S/C21H27N5O5/c22-17(21(29)30)12-16-13-23-20(24-16)19(28)15(10-14-4-2-1-3-5-14)11-18(27)25-26-6-8-31-9-7-26/h1-5,13,15,17H,6-12,22H2,(H,23,24)(H,25,27)(H,29,30)/t15-,17-/m1/s1. The molecule has 1 aliphatic rings. The van der Waals surface area contributed by atoms with Gasteiger partial charge in [0, 0.05) is 43.7 Å². The van der Waals surface area contributed by atoms with Gasteiger partial charge in [0.25, 0.3) is 0 Å². The molecule has 2 heterocycles. The lowest BCUT2D eigenvalue weighted by Gasteiger charge is -2.27. The number of ether oxygens (including phenoxy) is 1. The molecule has 10 nitrogen and oxygen atoms in total. The number of nitrogens with two attached hydrogens (primary N) is 1. The number of rotatable bonds is 10. The number of amides is 1. The smallest absolute Gasteiger partial charge is 0.320 e. The Balaban J connectivity index is 1.70. The predicted octanol–water partition coefficient (Wildman–Crippen LogP) is 0.159. The first-order chi connectivity index (χ1) is 14.9. The van der Waals surface area contributed by atoms with Gasteiger partial charge >= 0.3 is 5.97 Å². The van der Waals surface area contributed by atoms with E-state index in [-0.39, 0.29) is 30.4 Å². The monoisotopic (exact) mass is 429 g/mol. The number of aliphatic carboxylic acids is 1. The maximum absolute atomic E-state index is 13.2. The van der Waals surface area contributed by atoms with Crippen molar-refractivity contribution >= 4 is 17.7 Å². The molecule has 0 bridgehead atoms. The lowest BCUT2D eigenvalue weighted by atomic mass is 9.91. The molecule has 1 fully saturated rings. The average molecular weight is 429 g/mol. The number of carboxylic acid groups (broad SMARTS) is 1. The number of morpholine rings is 1. The van der Waals surface area contributed by atoms with Crippen LogP contribution in [-0.4, -0.2) is 70.1 Å². The predicted molar refractivity (Wildman–Crippen MR) is 111 cm³/mol. The Bertz CT molecular complexity index is 895. The minimum atomic E-state index is -1.13. The summed E-state index contributed by atoms with van der Waals surface area (Å²) in [6.07, 6.45) is 1.80. The van der Waals surface area contributed by atoms with Crippen LogP contribution in [0.1, 0.15) is 28.3 Å². The number of hydrogen-bond donors (Lipinski definition) is 4. The molecule has 2 aromatic rings. The van der Waals surface area contributed by atoms with Crippen molar-refractivity contribution in [2.24, 2.45) is 11.7 Å². The van der Waals surface area contributed by atoms with Crippen LogP contribution in [0.4, 0.5) is 0 Å². The van der Waals surface area contributed by atoms with E-state index >= 15 is 0 Å². The number of imidazole rings is 1. The third-order valence-electron chi connectivity index (χ3n) is 5.04. The molecule has 0 aliphatic carbocycles. The fourth-order valence-electron chi connectivity index (χ4n) is 3.38. The molecular weight excluding hydrogens is 402 g/mol. The highest BCUT2D eigenvalue weighted by atomic mass is 16.5. The topological polar surface area (TPSA) is 151 Å². The summed E-state index contributed by atoms with van der Waals surface area (Å²) >= 11 is 0. The Morgan fingerprint density at radius 1 is 1.19 bits per heavy atom. The van der Waals surface area contributed by atoms with Crippen molar-refractivity contribution < 1.29 is 24.2 Å². The van der Waals surface area contributed by atoms with Crippen LogP contribution < -0.4 is 11.2 Å². The first-order valence-electron chi connectivity index (χ1n) is 10.1. The van der Waals surface area contributed by atoms with Gasteiger partial charge in [-0.05, 0) is 12.0 Å². The third kappa shape index (κ3) is 6.71. The molecule has 3 rings (SSSR count). The highest BCUT2D eigenvalue weighted by molar-refractivity contribution is 5.97. The van der Waals surface area contributed by atoms with E-state index in [1.165, 1.54) is 6.20 Å². The van der Waals surface area contributed by atoms with Gasteiger partial charge in [0.15, 0.2) is 5.82 Å². The number of carboxylic acids is 1. The molecule has 1 aromatic carbocycles. The number of benzene rings is 1. The molecule has 5 N–H and O–H groups in total. The Kier molecular flexibility index (Phi) is 7.88. The van der Waals surface area contributed by atoms with E-state index in [9.17, 15) is 14.4 Å². The zero-order valence-electron chi connectivity index (χ0n) is 17.1.